The second-order valence-electron chi connectivity index (χ2n) is 4.42. The molecule has 0 N–H and O–H groups in total. The van der Waals surface area contributed by atoms with E-state index in [1.807, 2.05) is 55.5 Å². The molecule has 1 aromatic heterocycles. The molecule has 0 aliphatic rings. The van der Waals surface area contributed by atoms with Crippen molar-refractivity contribution >= 4 is 34.5 Å². The van der Waals surface area contributed by atoms with Crippen LogP contribution in [-0.4, -0.2) is 4.98 Å². The normalized spacial score (nSPS) is 10.8. The van der Waals surface area contributed by atoms with Gasteiger partial charge in [0.05, 0.1) is 15.6 Å². The molecule has 0 bridgehead atoms. The highest BCUT2D eigenvalue weighted by Crippen LogP contribution is 2.37. The third-order valence-electron chi connectivity index (χ3n) is 2.96. The zero-order valence-corrected chi connectivity index (χ0v) is 13.1. The average Bonchev–Trinajstić information content (AvgIpc) is 2.82. The Balaban J connectivity index is 2.12. The van der Waals surface area contributed by atoms with Crippen molar-refractivity contribution in [2.24, 2.45) is 0 Å². The summed E-state index contributed by atoms with van der Waals surface area (Å²) in [5.74, 6) is 0. The summed E-state index contributed by atoms with van der Waals surface area (Å²) >= 11 is 13.6. The van der Waals surface area contributed by atoms with Crippen LogP contribution < -0.4 is 0 Å². The van der Waals surface area contributed by atoms with Crippen LogP contribution >= 0.6 is 34.5 Å². The Labute approximate surface area is 131 Å². The second kappa shape index (κ2) is 5.57. The molecule has 0 saturated heterocycles. The molecule has 0 saturated carbocycles. The Morgan fingerprint density at radius 1 is 0.800 bits per heavy atom. The highest BCUT2D eigenvalue weighted by Gasteiger charge is 2.13. The van der Waals surface area contributed by atoms with Crippen LogP contribution in [0.1, 0.15) is 5.01 Å². The summed E-state index contributed by atoms with van der Waals surface area (Å²) < 4.78 is 0. The molecule has 0 aliphatic carbocycles. The fourth-order valence-electron chi connectivity index (χ4n) is 2.03. The molecule has 0 aliphatic heterocycles. The van der Waals surface area contributed by atoms with E-state index in [0.717, 1.165) is 36.8 Å². The van der Waals surface area contributed by atoms with Crippen molar-refractivity contribution in [3.63, 3.8) is 0 Å². The van der Waals surface area contributed by atoms with E-state index in [9.17, 15) is 0 Å². The molecule has 0 atom stereocenters. The summed E-state index contributed by atoms with van der Waals surface area (Å²) in [7, 11) is 0. The largest absolute Gasteiger partial charge is 0.241 e. The number of rotatable bonds is 2. The Morgan fingerprint density at radius 2 is 1.30 bits per heavy atom. The minimum absolute atomic E-state index is 0.730. The minimum Gasteiger partial charge on any atom is -0.241 e. The predicted molar refractivity (Wildman–Crippen MR) is 87.7 cm³/mol. The van der Waals surface area contributed by atoms with E-state index in [0.29, 0.717) is 0 Å². The molecule has 0 radical (unpaired) electrons. The van der Waals surface area contributed by atoms with Gasteiger partial charge in [0, 0.05) is 15.6 Å². The van der Waals surface area contributed by atoms with Crippen molar-refractivity contribution < 1.29 is 0 Å². The number of hydrogen-bond acceptors (Lipinski definition) is 2. The topological polar surface area (TPSA) is 12.9 Å². The van der Waals surface area contributed by atoms with Crippen molar-refractivity contribution in [2.75, 3.05) is 0 Å². The van der Waals surface area contributed by atoms with E-state index in [1.165, 1.54) is 0 Å². The molecule has 20 heavy (non-hydrogen) atoms. The number of aryl methyl sites for hydroxylation is 1. The number of nitrogens with zero attached hydrogens (tertiary/aromatic N) is 1. The van der Waals surface area contributed by atoms with Gasteiger partial charge >= 0.3 is 0 Å². The lowest BCUT2D eigenvalue weighted by molar-refractivity contribution is 1.30. The number of aromatic nitrogens is 1. The zero-order valence-electron chi connectivity index (χ0n) is 10.7. The molecule has 0 amide bonds. The van der Waals surface area contributed by atoms with Crippen LogP contribution in [0.15, 0.2) is 48.5 Å². The van der Waals surface area contributed by atoms with Crippen LogP contribution in [-0.2, 0) is 0 Å². The van der Waals surface area contributed by atoms with Gasteiger partial charge in [0.15, 0.2) is 0 Å². The molecule has 4 heteroatoms. The van der Waals surface area contributed by atoms with Gasteiger partial charge in [-0.25, -0.2) is 4.98 Å². The molecule has 0 spiro atoms. The van der Waals surface area contributed by atoms with Gasteiger partial charge in [0.1, 0.15) is 0 Å². The Hall–Kier alpha value is -1.35. The van der Waals surface area contributed by atoms with E-state index in [4.69, 9.17) is 23.2 Å². The van der Waals surface area contributed by atoms with Gasteiger partial charge in [-0.2, -0.15) is 0 Å². The van der Waals surface area contributed by atoms with Crippen molar-refractivity contribution in [3.8, 4) is 21.7 Å². The summed E-state index contributed by atoms with van der Waals surface area (Å²) in [5.41, 5.74) is 3.19. The van der Waals surface area contributed by atoms with E-state index >= 15 is 0 Å². The Kier molecular flexibility index (Phi) is 3.79. The fourth-order valence-corrected chi connectivity index (χ4v) is 3.23. The lowest BCUT2D eigenvalue weighted by atomic mass is 10.1. The fraction of sp³-hybridized carbons (Fsp3) is 0.0625. The van der Waals surface area contributed by atoms with Gasteiger partial charge in [-0.3, -0.25) is 0 Å². The van der Waals surface area contributed by atoms with E-state index in [1.54, 1.807) is 11.3 Å². The van der Waals surface area contributed by atoms with Crippen LogP contribution in [0.2, 0.25) is 10.0 Å². The van der Waals surface area contributed by atoms with E-state index < -0.39 is 0 Å². The first kappa shape index (κ1) is 13.6. The molecule has 1 nitrogen and oxygen atoms in total. The van der Waals surface area contributed by atoms with Crippen LogP contribution in [0.5, 0.6) is 0 Å². The highest BCUT2D eigenvalue weighted by atomic mass is 35.5. The van der Waals surface area contributed by atoms with Gasteiger partial charge in [0.25, 0.3) is 0 Å². The molecule has 0 fully saturated rings. The zero-order chi connectivity index (χ0) is 14.1. The van der Waals surface area contributed by atoms with Crippen molar-refractivity contribution in [3.05, 3.63) is 63.6 Å². The summed E-state index contributed by atoms with van der Waals surface area (Å²) in [4.78, 5) is 5.81. The third-order valence-corrected chi connectivity index (χ3v) is 4.48. The standard InChI is InChI=1S/C16H11Cl2NS/c1-10-19-15(11-2-6-13(17)7-3-11)16(20-10)12-4-8-14(18)9-5-12/h2-9H,1H3. The van der Waals surface area contributed by atoms with Crippen LogP contribution in [0.4, 0.5) is 0 Å². The molecule has 3 aromatic rings. The monoisotopic (exact) mass is 319 g/mol. The predicted octanol–water partition coefficient (Wildman–Crippen LogP) is 6.09. The SMILES string of the molecule is Cc1nc(-c2ccc(Cl)cc2)c(-c2ccc(Cl)cc2)s1. The number of hydrogen-bond donors (Lipinski definition) is 0. The summed E-state index contributed by atoms with van der Waals surface area (Å²) in [6.07, 6.45) is 0. The van der Waals surface area contributed by atoms with Crippen LogP contribution in [0, 0.1) is 6.92 Å². The first-order valence-corrected chi connectivity index (χ1v) is 7.70. The van der Waals surface area contributed by atoms with Crippen molar-refractivity contribution in [1.82, 2.24) is 4.98 Å². The molecule has 100 valence electrons. The van der Waals surface area contributed by atoms with E-state index in [-0.39, 0.29) is 0 Å². The maximum atomic E-state index is 5.95. The van der Waals surface area contributed by atoms with Gasteiger partial charge in [-0.1, -0.05) is 47.5 Å². The van der Waals surface area contributed by atoms with E-state index in [2.05, 4.69) is 4.98 Å². The Bertz CT molecular complexity index is 667. The Morgan fingerprint density at radius 3 is 1.85 bits per heavy atom. The van der Waals surface area contributed by atoms with Gasteiger partial charge in [-0.05, 0) is 36.8 Å². The molecular formula is C16H11Cl2NS. The maximum absolute atomic E-state index is 5.95. The molecule has 0 unspecified atom stereocenters. The van der Waals surface area contributed by atoms with Gasteiger partial charge < -0.3 is 0 Å². The number of thiazole rings is 1. The number of benzene rings is 2. The number of halogens is 2. The third kappa shape index (κ3) is 2.73. The van der Waals surface area contributed by atoms with Crippen LogP contribution in [0.25, 0.3) is 21.7 Å². The lowest BCUT2D eigenvalue weighted by Crippen LogP contribution is -1.82. The first-order chi connectivity index (χ1) is 9.63. The summed E-state index contributed by atoms with van der Waals surface area (Å²) in [6.45, 7) is 2.02. The van der Waals surface area contributed by atoms with Gasteiger partial charge in [0.2, 0.25) is 0 Å². The smallest absolute Gasteiger partial charge is 0.0908 e. The second-order valence-corrected chi connectivity index (χ2v) is 6.50. The van der Waals surface area contributed by atoms with Crippen molar-refractivity contribution in [2.45, 2.75) is 6.92 Å². The lowest BCUT2D eigenvalue weighted by Gasteiger charge is -2.03. The van der Waals surface area contributed by atoms with Crippen LogP contribution in [0.3, 0.4) is 0 Å². The summed E-state index contributed by atoms with van der Waals surface area (Å²) in [6, 6.07) is 15.6. The summed E-state index contributed by atoms with van der Waals surface area (Å²) in [5, 5.41) is 2.51. The molecule has 2 aromatic carbocycles. The first-order valence-electron chi connectivity index (χ1n) is 6.13. The average molecular weight is 320 g/mol. The molecule has 1 heterocycles. The van der Waals surface area contributed by atoms with Gasteiger partial charge in [-0.15, -0.1) is 11.3 Å². The highest BCUT2D eigenvalue weighted by molar-refractivity contribution is 7.15. The molecule has 3 rings (SSSR count). The minimum atomic E-state index is 0.730. The molecular weight excluding hydrogens is 309 g/mol. The maximum Gasteiger partial charge on any atom is 0.0908 e. The van der Waals surface area contributed by atoms with Crippen molar-refractivity contribution in [1.29, 1.82) is 0 Å². The quantitative estimate of drug-likeness (QED) is 0.556.